The molecule has 0 aliphatic heterocycles. The van der Waals surface area contributed by atoms with Gasteiger partial charge in [0.05, 0.1) is 23.8 Å². The average Bonchev–Trinajstić information content (AvgIpc) is 3.47. The summed E-state index contributed by atoms with van der Waals surface area (Å²) in [6.45, 7) is 4.92. The lowest BCUT2D eigenvalue weighted by molar-refractivity contribution is 0.243. The second-order valence-electron chi connectivity index (χ2n) is 9.25. The van der Waals surface area contributed by atoms with Crippen molar-refractivity contribution in [3.63, 3.8) is 0 Å². The summed E-state index contributed by atoms with van der Waals surface area (Å²) in [5.41, 5.74) is 11.4. The summed E-state index contributed by atoms with van der Waals surface area (Å²) in [6.07, 6.45) is 9.16. The molecule has 0 fully saturated rings. The van der Waals surface area contributed by atoms with Crippen molar-refractivity contribution in [3.8, 4) is 28.3 Å². The number of nitrogens with two attached hydrogens (primary N) is 1. The van der Waals surface area contributed by atoms with Crippen LogP contribution in [-0.2, 0) is 13.6 Å². The fourth-order valence-corrected chi connectivity index (χ4v) is 3.68. The number of rotatable bonds is 8. The first-order valence-electron chi connectivity index (χ1n) is 11.4. The van der Waals surface area contributed by atoms with Gasteiger partial charge in [-0.15, -0.1) is 0 Å². The molecule has 9 nitrogen and oxygen atoms in total. The maximum Gasteiger partial charge on any atom is 0.140 e. The van der Waals surface area contributed by atoms with E-state index in [1.807, 2.05) is 62.1 Å². The molecule has 178 valence electrons. The van der Waals surface area contributed by atoms with Crippen LogP contribution >= 0.6 is 0 Å². The Hall–Kier alpha value is -4.24. The highest BCUT2D eigenvalue weighted by Gasteiger charge is 2.13. The maximum atomic E-state index is 6.01. The first kappa shape index (κ1) is 22.5. The summed E-state index contributed by atoms with van der Waals surface area (Å²) in [7, 11) is 1.92. The van der Waals surface area contributed by atoms with Crippen LogP contribution in [0.5, 0.6) is 5.75 Å². The Labute approximate surface area is 203 Å². The average molecular weight is 469 g/mol. The van der Waals surface area contributed by atoms with Crippen molar-refractivity contribution < 1.29 is 4.74 Å². The van der Waals surface area contributed by atoms with Gasteiger partial charge >= 0.3 is 0 Å². The van der Waals surface area contributed by atoms with Gasteiger partial charge in [0.2, 0.25) is 0 Å². The first-order chi connectivity index (χ1) is 16.8. The standard InChI is InChI=1S/C26H28N8O/c1-26(2,27)16-35-21-8-9-34-23(14-29-25(34)10-21)22-11-24(31-17-30-22)28-12-18-4-6-19(7-5-18)20-13-32-33(3)15-20/h4-11,13-15,17H,12,16,27H2,1-3H3,(H,28,30,31). The van der Waals surface area contributed by atoms with Crippen LogP contribution in [0, 0.1) is 0 Å². The van der Waals surface area contributed by atoms with Crippen molar-refractivity contribution in [2.75, 3.05) is 11.9 Å². The lowest BCUT2D eigenvalue weighted by atomic mass is 10.1. The zero-order chi connectivity index (χ0) is 24.4. The Bertz CT molecular complexity index is 1450. The molecule has 0 saturated heterocycles. The van der Waals surface area contributed by atoms with E-state index in [4.69, 9.17) is 10.5 Å². The summed E-state index contributed by atoms with van der Waals surface area (Å²) in [6, 6.07) is 14.1. The van der Waals surface area contributed by atoms with E-state index < -0.39 is 5.54 Å². The molecule has 3 N–H and O–H groups in total. The normalized spacial score (nSPS) is 11.7. The SMILES string of the molecule is Cn1cc(-c2ccc(CNc3cc(-c4cnc5cc(OCC(C)(C)N)ccn45)ncn3)cc2)cn1. The molecule has 5 rings (SSSR count). The van der Waals surface area contributed by atoms with Crippen molar-refractivity contribution in [1.29, 1.82) is 0 Å². The summed E-state index contributed by atoms with van der Waals surface area (Å²) in [5, 5.41) is 7.62. The molecule has 0 bridgehead atoms. The van der Waals surface area contributed by atoms with E-state index in [0.29, 0.717) is 13.2 Å². The molecule has 4 heterocycles. The number of hydrogen-bond acceptors (Lipinski definition) is 7. The molecular weight excluding hydrogens is 440 g/mol. The number of hydrogen-bond donors (Lipinski definition) is 2. The highest BCUT2D eigenvalue weighted by molar-refractivity contribution is 5.64. The van der Waals surface area contributed by atoms with E-state index in [1.165, 1.54) is 0 Å². The second kappa shape index (κ2) is 9.19. The summed E-state index contributed by atoms with van der Waals surface area (Å²) >= 11 is 0. The second-order valence-corrected chi connectivity index (χ2v) is 9.25. The zero-order valence-corrected chi connectivity index (χ0v) is 20.0. The topological polar surface area (TPSA) is 108 Å². The number of aryl methyl sites for hydroxylation is 1. The molecule has 0 unspecified atom stereocenters. The van der Waals surface area contributed by atoms with Crippen LogP contribution < -0.4 is 15.8 Å². The summed E-state index contributed by atoms with van der Waals surface area (Å²) < 4.78 is 9.58. The molecule has 0 radical (unpaired) electrons. The molecule has 9 heteroatoms. The maximum absolute atomic E-state index is 6.01. The number of nitrogens with one attached hydrogen (secondary N) is 1. The van der Waals surface area contributed by atoms with Gasteiger partial charge < -0.3 is 15.8 Å². The number of imidazole rings is 1. The van der Waals surface area contributed by atoms with Crippen LogP contribution in [-0.4, -0.2) is 41.3 Å². The van der Waals surface area contributed by atoms with Gasteiger partial charge in [-0.2, -0.15) is 5.10 Å². The van der Waals surface area contributed by atoms with E-state index in [9.17, 15) is 0 Å². The Morgan fingerprint density at radius 3 is 2.57 bits per heavy atom. The highest BCUT2D eigenvalue weighted by atomic mass is 16.5. The zero-order valence-electron chi connectivity index (χ0n) is 20.0. The van der Waals surface area contributed by atoms with Crippen molar-refractivity contribution in [2.24, 2.45) is 12.8 Å². The number of ether oxygens (including phenoxy) is 1. The van der Waals surface area contributed by atoms with E-state index in [-0.39, 0.29) is 0 Å². The molecule has 0 aliphatic carbocycles. The lowest BCUT2D eigenvalue weighted by Crippen LogP contribution is -2.38. The van der Waals surface area contributed by atoms with E-state index in [2.05, 4.69) is 49.6 Å². The van der Waals surface area contributed by atoms with Crippen LogP contribution in [0.1, 0.15) is 19.4 Å². The van der Waals surface area contributed by atoms with E-state index in [0.717, 1.165) is 45.3 Å². The number of pyridine rings is 1. The van der Waals surface area contributed by atoms with Gasteiger partial charge in [-0.3, -0.25) is 9.08 Å². The predicted octanol–water partition coefficient (Wildman–Crippen LogP) is 3.92. The minimum Gasteiger partial charge on any atom is -0.492 e. The Kier molecular flexibility index (Phi) is 5.92. The smallest absolute Gasteiger partial charge is 0.140 e. The van der Waals surface area contributed by atoms with E-state index in [1.54, 1.807) is 17.2 Å². The molecule has 0 saturated carbocycles. The summed E-state index contributed by atoms with van der Waals surface area (Å²) in [5.74, 6) is 1.47. The quantitative estimate of drug-likeness (QED) is 0.355. The van der Waals surface area contributed by atoms with Crippen molar-refractivity contribution in [1.82, 2.24) is 29.1 Å². The van der Waals surface area contributed by atoms with Gasteiger partial charge in [-0.1, -0.05) is 24.3 Å². The van der Waals surface area contributed by atoms with Crippen molar-refractivity contribution >= 4 is 11.5 Å². The van der Waals surface area contributed by atoms with E-state index >= 15 is 0 Å². The molecule has 0 spiro atoms. The monoisotopic (exact) mass is 468 g/mol. The molecule has 4 aromatic heterocycles. The number of aromatic nitrogens is 6. The van der Waals surface area contributed by atoms with Crippen LogP contribution in [0.3, 0.4) is 0 Å². The van der Waals surface area contributed by atoms with Crippen molar-refractivity contribution in [2.45, 2.75) is 25.9 Å². The van der Waals surface area contributed by atoms with Crippen molar-refractivity contribution in [3.05, 3.63) is 79.1 Å². The molecule has 0 atom stereocenters. The Morgan fingerprint density at radius 2 is 1.83 bits per heavy atom. The van der Waals surface area contributed by atoms with Gasteiger partial charge in [0, 0.05) is 49.2 Å². The highest BCUT2D eigenvalue weighted by Crippen LogP contribution is 2.24. The van der Waals surface area contributed by atoms with Gasteiger partial charge in [-0.05, 0) is 31.0 Å². The number of nitrogens with zero attached hydrogens (tertiary/aromatic N) is 6. The van der Waals surface area contributed by atoms with Gasteiger partial charge in [0.25, 0.3) is 0 Å². The molecule has 0 amide bonds. The molecule has 1 aromatic carbocycles. The van der Waals surface area contributed by atoms with Crippen LogP contribution in [0.25, 0.3) is 28.2 Å². The minimum atomic E-state index is -0.404. The Balaban J connectivity index is 1.28. The first-order valence-corrected chi connectivity index (χ1v) is 11.4. The third kappa shape index (κ3) is 5.30. The largest absolute Gasteiger partial charge is 0.492 e. The molecule has 0 aliphatic rings. The number of anilines is 1. The van der Waals surface area contributed by atoms with Gasteiger partial charge in [0.15, 0.2) is 0 Å². The lowest BCUT2D eigenvalue weighted by Gasteiger charge is -2.19. The van der Waals surface area contributed by atoms with Crippen LogP contribution in [0.15, 0.2) is 73.6 Å². The number of benzene rings is 1. The third-order valence-electron chi connectivity index (χ3n) is 5.49. The van der Waals surface area contributed by atoms with Gasteiger partial charge in [-0.25, -0.2) is 15.0 Å². The minimum absolute atomic E-state index is 0.404. The predicted molar refractivity (Wildman–Crippen MR) is 136 cm³/mol. The fraction of sp³-hybridized carbons (Fsp3) is 0.231. The fourth-order valence-electron chi connectivity index (χ4n) is 3.68. The number of fused-ring (bicyclic) bond motifs is 1. The molecule has 5 aromatic rings. The molecular formula is C26H28N8O. The summed E-state index contributed by atoms with van der Waals surface area (Å²) in [4.78, 5) is 13.4. The third-order valence-corrected chi connectivity index (χ3v) is 5.49. The van der Waals surface area contributed by atoms with Gasteiger partial charge in [0.1, 0.15) is 30.1 Å². The van der Waals surface area contributed by atoms with Crippen LogP contribution in [0.4, 0.5) is 5.82 Å². The van der Waals surface area contributed by atoms with Crippen LogP contribution in [0.2, 0.25) is 0 Å². The molecule has 35 heavy (non-hydrogen) atoms. The Morgan fingerprint density at radius 1 is 1.00 bits per heavy atom.